The van der Waals surface area contributed by atoms with Gasteiger partial charge in [-0.15, -0.1) is 0 Å². The van der Waals surface area contributed by atoms with Crippen LogP contribution >= 0.6 is 0 Å². The van der Waals surface area contributed by atoms with Crippen molar-refractivity contribution in [2.24, 2.45) is 21.5 Å². The van der Waals surface area contributed by atoms with Crippen LogP contribution in [-0.2, 0) is 0 Å². The van der Waals surface area contributed by atoms with Crippen LogP contribution in [0.15, 0.2) is 9.98 Å². The highest BCUT2D eigenvalue weighted by Crippen LogP contribution is 1.61. The fraction of sp³-hybridized carbons (Fsp3) is 0.333. The lowest BCUT2D eigenvalue weighted by atomic mass is 11.0. The Hall–Kier alpha value is -1.06. The van der Waals surface area contributed by atoms with E-state index in [0.717, 1.165) is 6.34 Å². The Balaban J connectivity index is 3.58. The lowest BCUT2D eigenvalue weighted by Gasteiger charge is -1.81. The molecule has 0 rings (SSSR count). The standard InChI is InChI=1S/C3H8N4/c1-6-3(5)7-2-4/h2H,1H3,(H4,4,5,6,7). The molecule has 0 spiro atoms. The molecule has 0 aromatic carbocycles. The van der Waals surface area contributed by atoms with Gasteiger partial charge in [-0.2, -0.15) is 0 Å². The van der Waals surface area contributed by atoms with E-state index in [9.17, 15) is 0 Å². The van der Waals surface area contributed by atoms with E-state index in [1.54, 1.807) is 7.05 Å². The van der Waals surface area contributed by atoms with Crippen LogP contribution in [0.1, 0.15) is 0 Å². The minimum atomic E-state index is 0.197. The number of hydrogen-bond acceptors (Lipinski definition) is 1. The summed E-state index contributed by atoms with van der Waals surface area (Å²) in [5, 5.41) is 0. The van der Waals surface area contributed by atoms with Crippen molar-refractivity contribution in [3.05, 3.63) is 0 Å². The van der Waals surface area contributed by atoms with Crippen molar-refractivity contribution in [3.63, 3.8) is 0 Å². The van der Waals surface area contributed by atoms with Crippen molar-refractivity contribution in [1.29, 1.82) is 0 Å². The zero-order chi connectivity index (χ0) is 5.70. The summed E-state index contributed by atoms with van der Waals surface area (Å²) in [6.45, 7) is 0. The smallest absolute Gasteiger partial charge is 0.216 e. The summed E-state index contributed by atoms with van der Waals surface area (Å²) in [5.41, 5.74) is 9.91. The molecule has 0 atom stereocenters. The van der Waals surface area contributed by atoms with E-state index in [1.807, 2.05) is 0 Å². The average molecular weight is 100 g/mol. The molecule has 0 heterocycles. The van der Waals surface area contributed by atoms with Crippen molar-refractivity contribution in [2.45, 2.75) is 0 Å². The molecule has 0 fully saturated rings. The Morgan fingerprint density at radius 3 is 2.43 bits per heavy atom. The molecule has 0 radical (unpaired) electrons. The second-order valence-electron chi connectivity index (χ2n) is 0.860. The van der Waals surface area contributed by atoms with Crippen LogP contribution in [0.4, 0.5) is 0 Å². The van der Waals surface area contributed by atoms with E-state index in [-0.39, 0.29) is 5.96 Å². The minimum Gasteiger partial charge on any atom is -0.390 e. The predicted octanol–water partition coefficient (Wildman–Crippen LogP) is -1.08. The third-order valence-corrected chi connectivity index (χ3v) is 0.436. The van der Waals surface area contributed by atoms with Crippen molar-refractivity contribution in [2.75, 3.05) is 7.05 Å². The Labute approximate surface area is 41.9 Å². The maximum absolute atomic E-state index is 5.06. The molecule has 4 N–H and O–H groups in total. The fourth-order valence-corrected chi connectivity index (χ4v) is 0.134. The van der Waals surface area contributed by atoms with Crippen molar-refractivity contribution >= 4 is 12.3 Å². The maximum Gasteiger partial charge on any atom is 0.216 e. The Morgan fingerprint density at radius 2 is 2.29 bits per heavy atom. The second kappa shape index (κ2) is 3.14. The zero-order valence-corrected chi connectivity index (χ0v) is 4.13. The molecule has 7 heavy (non-hydrogen) atoms. The van der Waals surface area contributed by atoms with Gasteiger partial charge in [0, 0.05) is 7.05 Å². The normalized spacial score (nSPS) is 13.0. The molecular formula is C3H8N4. The van der Waals surface area contributed by atoms with Crippen molar-refractivity contribution in [1.82, 2.24) is 0 Å². The highest BCUT2D eigenvalue weighted by atomic mass is 15.0. The van der Waals surface area contributed by atoms with E-state index >= 15 is 0 Å². The van der Waals surface area contributed by atoms with Crippen LogP contribution in [0.25, 0.3) is 0 Å². The first kappa shape index (κ1) is 5.94. The van der Waals surface area contributed by atoms with Gasteiger partial charge in [0.15, 0.2) is 0 Å². The Morgan fingerprint density at radius 1 is 1.71 bits per heavy atom. The summed E-state index contributed by atoms with van der Waals surface area (Å²) in [7, 11) is 1.54. The topological polar surface area (TPSA) is 76.8 Å². The van der Waals surface area contributed by atoms with Crippen LogP contribution in [0.5, 0.6) is 0 Å². The second-order valence-corrected chi connectivity index (χ2v) is 0.860. The molecular weight excluding hydrogens is 92.1 g/mol. The van der Waals surface area contributed by atoms with Gasteiger partial charge in [0.05, 0.1) is 6.34 Å². The van der Waals surface area contributed by atoms with Gasteiger partial charge in [-0.05, 0) is 0 Å². The first-order chi connectivity index (χ1) is 3.31. The molecule has 4 nitrogen and oxygen atoms in total. The number of guanidine groups is 1. The highest BCUT2D eigenvalue weighted by molar-refractivity contribution is 5.85. The van der Waals surface area contributed by atoms with E-state index in [2.05, 4.69) is 9.98 Å². The quantitative estimate of drug-likeness (QED) is 0.300. The number of nitrogens with zero attached hydrogens (tertiary/aromatic N) is 2. The molecule has 0 aliphatic rings. The van der Waals surface area contributed by atoms with Gasteiger partial charge in [0.1, 0.15) is 0 Å². The van der Waals surface area contributed by atoms with Crippen LogP contribution in [0.2, 0.25) is 0 Å². The Bertz CT molecular complexity index is 93.1. The van der Waals surface area contributed by atoms with Gasteiger partial charge in [0.25, 0.3) is 0 Å². The zero-order valence-electron chi connectivity index (χ0n) is 4.13. The molecule has 0 unspecified atom stereocenters. The van der Waals surface area contributed by atoms with Gasteiger partial charge in [-0.1, -0.05) is 0 Å². The molecule has 0 saturated carbocycles. The van der Waals surface area contributed by atoms with E-state index in [0.29, 0.717) is 0 Å². The summed E-state index contributed by atoms with van der Waals surface area (Å²) in [4.78, 5) is 6.92. The summed E-state index contributed by atoms with van der Waals surface area (Å²) in [5.74, 6) is 0.197. The molecule has 0 bridgehead atoms. The predicted molar refractivity (Wildman–Crippen MR) is 30.2 cm³/mol. The highest BCUT2D eigenvalue weighted by Gasteiger charge is 1.73. The van der Waals surface area contributed by atoms with Crippen LogP contribution < -0.4 is 11.5 Å². The molecule has 0 aromatic rings. The maximum atomic E-state index is 5.06. The van der Waals surface area contributed by atoms with E-state index in [1.165, 1.54) is 0 Å². The molecule has 40 valence electrons. The van der Waals surface area contributed by atoms with Crippen LogP contribution in [-0.4, -0.2) is 19.3 Å². The third kappa shape index (κ3) is 2.75. The monoisotopic (exact) mass is 100 g/mol. The SMILES string of the molecule is C/N=C(N)\N=C/N. The average Bonchev–Trinajstić information content (AvgIpc) is 1.68. The third-order valence-electron chi connectivity index (χ3n) is 0.436. The van der Waals surface area contributed by atoms with Crippen LogP contribution in [0.3, 0.4) is 0 Å². The molecule has 0 saturated heterocycles. The van der Waals surface area contributed by atoms with Crippen LogP contribution in [0, 0.1) is 0 Å². The summed E-state index contributed by atoms with van der Waals surface area (Å²) in [6, 6.07) is 0. The van der Waals surface area contributed by atoms with Gasteiger partial charge in [-0.3, -0.25) is 4.99 Å². The van der Waals surface area contributed by atoms with Crippen molar-refractivity contribution in [3.8, 4) is 0 Å². The van der Waals surface area contributed by atoms with Gasteiger partial charge in [0.2, 0.25) is 5.96 Å². The Kier molecular flexibility index (Phi) is 2.67. The number of nitrogens with two attached hydrogens (primary N) is 2. The lowest BCUT2D eigenvalue weighted by molar-refractivity contribution is 1.36. The largest absolute Gasteiger partial charge is 0.390 e. The van der Waals surface area contributed by atoms with Gasteiger partial charge < -0.3 is 11.5 Å². The van der Waals surface area contributed by atoms with Crippen molar-refractivity contribution < 1.29 is 0 Å². The molecule has 0 amide bonds. The summed E-state index contributed by atoms with van der Waals surface area (Å²) >= 11 is 0. The number of rotatable bonds is 0. The lowest BCUT2D eigenvalue weighted by Crippen LogP contribution is -2.09. The molecule has 4 heteroatoms. The molecule has 0 aliphatic heterocycles. The number of aliphatic imine (C=N–C) groups is 2. The van der Waals surface area contributed by atoms with Gasteiger partial charge in [-0.25, -0.2) is 4.99 Å². The minimum absolute atomic E-state index is 0.197. The number of hydrogen-bond donors (Lipinski definition) is 2. The van der Waals surface area contributed by atoms with E-state index < -0.39 is 0 Å². The molecule has 0 aliphatic carbocycles. The fourth-order valence-electron chi connectivity index (χ4n) is 0.134. The first-order valence-electron chi connectivity index (χ1n) is 1.77. The first-order valence-corrected chi connectivity index (χ1v) is 1.77. The summed E-state index contributed by atoms with van der Waals surface area (Å²) < 4.78 is 0. The van der Waals surface area contributed by atoms with E-state index in [4.69, 9.17) is 11.5 Å². The molecule has 0 aromatic heterocycles. The summed E-state index contributed by atoms with van der Waals surface area (Å²) in [6.07, 6.45) is 1.10. The van der Waals surface area contributed by atoms with Gasteiger partial charge >= 0.3 is 0 Å².